The average molecular weight is 309 g/mol. The maximum absolute atomic E-state index is 13.2. The molecule has 110 valence electrons. The smallest absolute Gasteiger partial charge is 0.264 e. The molecule has 0 fully saturated rings. The minimum atomic E-state index is -4.15. The van der Waals surface area contributed by atoms with Crippen LogP contribution < -0.4 is 16.2 Å². The van der Waals surface area contributed by atoms with Gasteiger partial charge in [-0.3, -0.25) is 9.52 Å². The van der Waals surface area contributed by atoms with Gasteiger partial charge in [0.1, 0.15) is 10.7 Å². The van der Waals surface area contributed by atoms with E-state index in [9.17, 15) is 17.6 Å². The van der Waals surface area contributed by atoms with Crippen molar-refractivity contribution >= 4 is 27.3 Å². The fraction of sp³-hybridized carbons (Fsp3) is 0. The zero-order valence-electron chi connectivity index (χ0n) is 10.7. The molecule has 0 aliphatic rings. The summed E-state index contributed by atoms with van der Waals surface area (Å²) in [5.41, 5.74) is 10.6. The lowest BCUT2D eigenvalue weighted by Crippen LogP contribution is -2.19. The Kier molecular flexibility index (Phi) is 3.81. The molecule has 2 rings (SSSR count). The number of nitrogens with one attached hydrogen (secondary N) is 1. The van der Waals surface area contributed by atoms with E-state index < -0.39 is 26.6 Å². The Morgan fingerprint density at radius 1 is 1.14 bits per heavy atom. The van der Waals surface area contributed by atoms with Gasteiger partial charge in [-0.25, -0.2) is 12.8 Å². The Hall–Kier alpha value is -2.61. The summed E-state index contributed by atoms with van der Waals surface area (Å²) >= 11 is 0. The summed E-state index contributed by atoms with van der Waals surface area (Å²) in [6.45, 7) is 0. The van der Waals surface area contributed by atoms with E-state index in [4.69, 9.17) is 11.5 Å². The summed E-state index contributed by atoms with van der Waals surface area (Å²) in [5.74, 6) is -1.53. The second kappa shape index (κ2) is 5.41. The molecule has 6 nitrogen and oxygen atoms in total. The second-order valence-corrected chi connectivity index (χ2v) is 5.85. The number of hydrogen-bond acceptors (Lipinski definition) is 4. The van der Waals surface area contributed by atoms with Crippen LogP contribution in [0.25, 0.3) is 0 Å². The van der Waals surface area contributed by atoms with Crippen LogP contribution in [0.1, 0.15) is 10.4 Å². The third kappa shape index (κ3) is 3.11. The molecule has 0 spiro atoms. The molecule has 0 atom stereocenters. The number of halogens is 1. The first kappa shape index (κ1) is 14.8. The molecule has 0 aliphatic heterocycles. The molecule has 2 aromatic carbocycles. The van der Waals surface area contributed by atoms with Crippen LogP contribution >= 0.6 is 0 Å². The molecule has 0 heterocycles. The van der Waals surface area contributed by atoms with Crippen molar-refractivity contribution in [3.8, 4) is 0 Å². The van der Waals surface area contributed by atoms with Gasteiger partial charge in [-0.05, 0) is 30.3 Å². The fourth-order valence-corrected chi connectivity index (χ4v) is 2.95. The number of para-hydroxylation sites is 1. The van der Waals surface area contributed by atoms with Gasteiger partial charge in [0.05, 0.1) is 16.9 Å². The highest BCUT2D eigenvalue weighted by Gasteiger charge is 2.20. The van der Waals surface area contributed by atoms with Gasteiger partial charge in [0.2, 0.25) is 0 Å². The van der Waals surface area contributed by atoms with Crippen LogP contribution in [-0.2, 0) is 10.0 Å². The highest BCUT2D eigenvalue weighted by Crippen LogP contribution is 2.24. The number of rotatable bonds is 4. The molecule has 0 aliphatic carbocycles. The molecule has 0 bridgehead atoms. The van der Waals surface area contributed by atoms with Crippen molar-refractivity contribution in [2.75, 3.05) is 10.5 Å². The molecule has 8 heteroatoms. The normalized spacial score (nSPS) is 11.1. The lowest BCUT2D eigenvalue weighted by molar-refractivity contribution is 0.100. The van der Waals surface area contributed by atoms with Gasteiger partial charge in [0.15, 0.2) is 0 Å². The number of nitrogens with two attached hydrogens (primary N) is 2. The maximum Gasteiger partial charge on any atom is 0.264 e. The van der Waals surface area contributed by atoms with Crippen molar-refractivity contribution < 1.29 is 17.6 Å². The summed E-state index contributed by atoms with van der Waals surface area (Å²) in [7, 11) is -4.15. The van der Waals surface area contributed by atoms with E-state index in [1.807, 2.05) is 0 Å². The number of nitrogen functional groups attached to an aromatic ring is 1. The quantitative estimate of drug-likeness (QED) is 0.738. The highest BCUT2D eigenvalue weighted by molar-refractivity contribution is 7.92. The van der Waals surface area contributed by atoms with Crippen LogP contribution in [0.5, 0.6) is 0 Å². The van der Waals surface area contributed by atoms with Gasteiger partial charge in [-0.2, -0.15) is 0 Å². The number of benzene rings is 2. The minimum Gasteiger partial charge on any atom is -0.398 e. The Morgan fingerprint density at radius 3 is 2.48 bits per heavy atom. The van der Waals surface area contributed by atoms with Gasteiger partial charge in [-0.15, -0.1) is 0 Å². The lowest BCUT2D eigenvalue weighted by Gasteiger charge is -2.12. The van der Waals surface area contributed by atoms with Gasteiger partial charge < -0.3 is 11.5 Å². The average Bonchev–Trinajstić information content (AvgIpc) is 2.41. The van der Waals surface area contributed by atoms with Crippen molar-refractivity contribution in [1.29, 1.82) is 0 Å². The van der Waals surface area contributed by atoms with E-state index in [0.717, 1.165) is 18.2 Å². The first-order valence-electron chi connectivity index (χ1n) is 5.78. The molecule has 0 aromatic heterocycles. The molecule has 5 N–H and O–H groups in total. The summed E-state index contributed by atoms with van der Waals surface area (Å²) in [5, 5.41) is 0. The predicted molar refractivity (Wildman–Crippen MR) is 76.6 cm³/mol. The predicted octanol–water partition coefficient (Wildman–Crippen LogP) is 1.31. The molecule has 0 saturated carbocycles. The van der Waals surface area contributed by atoms with Crippen molar-refractivity contribution in [2.24, 2.45) is 5.73 Å². The number of amides is 1. The summed E-state index contributed by atoms with van der Waals surface area (Å²) in [6, 6.07) is 8.79. The van der Waals surface area contributed by atoms with Crippen LogP contribution in [-0.4, -0.2) is 14.3 Å². The van der Waals surface area contributed by atoms with Gasteiger partial charge in [-0.1, -0.05) is 12.1 Å². The standard InChI is InChI=1S/C13H12FN3O3S/c14-8-5-6-10(15)12(7-8)21(19,20)17-11-4-2-1-3-9(11)13(16)18/h1-7,17H,15H2,(H2,16,18). The largest absolute Gasteiger partial charge is 0.398 e. The maximum atomic E-state index is 13.2. The number of anilines is 2. The molecule has 1 amide bonds. The summed E-state index contributed by atoms with van der Waals surface area (Å²) in [4.78, 5) is 10.9. The number of hydrogen-bond donors (Lipinski definition) is 3. The minimum absolute atomic E-state index is 0.00366. The van der Waals surface area contributed by atoms with Crippen LogP contribution in [0.15, 0.2) is 47.4 Å². The second-order valence-electron chi connectivity index (χ2n) is 4.20. The lowest BCUT2D eigenvalue weighted by atomic mass is 10.2. The topological polar surface area (TPSA) is 115 Å². The molecule has 21 heavy (non-hydrogen) atoms. The number of sulfonamides is 1. The van der Waals surface area contributed by atoms with E-state index in [1.165, 1.54) is 24.3 Å². The van der Waals surface area contributed by atoms with Gasteiger partial charge in [0.25, 0.3) is 15.9 Å². The van der Waals surface area contributed by atoms with E-state index >= 15 is 0 Å². The van der Waals surface area contributed by atoms with Gasteiger partial charge >= 0.3 is 0 Å². The fourth-order valence-electron chi connectivity index (χ4n) is 1.73. The van der Waals surface area contributed by atoms with Crippen LogP contribution in [0.3, 0.4) is 0 Å². The van der Waals surface area contributed by atoms with E-state index in [1.54, 1.807) is 0 Å². The Bertz CT molecular complexity index is 806. The Balaban J connectivity index is 2.48. The molecular weight excluding hydrogens is 297 g/mol. The zero-order valence-corrected chi connectivity index (χ0v) is 11.5. The van der Waals surface area contributed by atoms with E-state index in [2.05, 4.69) is 4.72 Å². The van der Waals surface area contributed by atoms with Crippen molar-refractivity contribution in [3.05, 3.63) is 53.8 Å². The Labute approximate surface area is 120 Å². The molecule has 0 radical (unpaired) electrons. The van der Waals surface area contributed by atoms with Crippen LogP contribution in [0.4, 0.5) is 15.8 Å². The molecular formula is C13H12FN3O3S. The van der Waals surface area contributed by atoms with Crippen molar-refractivity contribution in [2.45, 2.75) is 4.90 Å². The van der Waals surface area contributed by atoms with Crippen LogP contribution in [0.2, 0.25) is 0 Å². The number of carbonyl (C=O) groups excluding carboxylic acids is 1. The first-order valence-corrected chi connectivity index (χ1v) is 7.26. The molecule has 0 unspecified atom stereocenters. The van der Waals surface area contributed by atoms with Gasteiger partial charge in [0, 0.05) is 0 Å². The summed E-state index contributed by atoms with van der Waals surface area (Å²) in [6.07, 6.45) is 0. The third-order valence-corrected chi connectivity index (χ3v) is 4.12. The SMILES string of the molecule is NC(=O)c1ccccc1NS(=O)(=O)c1cc(F)ccc1N. The van der Waals surface area contributed by atoms with E-state index in [-0.39, 0.29) is 16.9 Å². The van der Waals surface area contributed by atoms with Crippen LogP contribution in [0, 0.1) is 5.82 Å². The zero-order chi connectivity index (χ0) is 15.6. The Morgan fingerprint density at radius 2 is 1.81 bits per heavy atom. The molecule has 2 aromatic rings. The third-order valence-electron chi connectivity index (χ3n) is 2.70. The molecule has 0 saturated heterocycles. The highest BCUT2D eigenvalue weighted by atomic mass is 32.2. The first-order chi connectivity index (χ1) is 9.81. The number of carbonyl (C=O) groups is 1. The van der Waals surface area contributed by atoms with Crippen molar-refractivity contribution in [1.82, 2.24) is 0 Å². The monoisotopic (exact) mass is 309 g/mol. The van der Waals surface area contributed by atoms with E-state index in [0.29, 0.717) is 0 Å². The summed E-state index contributed by atoms with van der Waals surface area (Å²) < 4.78 is 39.9. The van der Waals surface area contributed by atoms with Crippen molar-refractivity contribution in [3.63, 3.8) is 0 Å². The number of primary amides is 1.